The predicted octanol–water partition coefficient (Wildman–Crippen LogP) is 4.15. The predicted molar refractivity (Wildman–Crippen MR) is 99.4 cm³/mol. The first-order valence-electron chi connectivity index (χ1n) is 8.83. The average molecular weight is 334 g/mol. The molecule has 6 nitrogen and oxygen atoms in total. The van der Waals surface area contributed by atoms with Gasteiger partial charge in [0.2, 0.25) is 5.95 Å². The van der Waals surface area contributed by atoms with Gasteiger partial charge in [0.05, 0.1) is 5.69 Å². The van der Waals surface area contributed by atoms with Gasteiger partial charge in [-0.3, -0.25) is 0 Å². The van der Waals surface area contributed by atoms with E-state index in [9.17, 15) is 0 Å². The summed E-state index contributed by atoms with van der Waals surface area (Å²) < 4.78 is 1.76. The van der Waals surface area contributed by atoms with Crippen molar-refractivity contribution in [3.05, 3.63) is 55.0 Å². The van der Waals surface area contributed by atoms with Crippen LogP contribution in [0, 0.1) is 0 Å². The lowest BCUT2D eigenvalue weighted by Crippen LogP contribution is -2.22. The second-order valence-electron chi connectivity index (χ2n) is 6.38. The number of rotatable bonds is 5. The Labute approximate surface area is 147 Å². The second-order valence-corrected chi connectivity index (χ2v) is 6.38. The van der Waals surface area contributed by atoms with E-state index in [0.717, 1.165) is 17.2 Å². The molecule has 3 aromatic rings. The van der Waals surface area contributed by atoms with Gasteiger partial charge in [-0.2, -0.15) is 4.98 Å². The monoisotopic (exact) mass is 334 g/mol. The molecule has 6 heteroatoms. The van der Waals surface area contributed by atoms with E-state index in [1.165, 1.54) is 32.1 Å². The first kappa shape index (κ1) is 15.6. The number of hydrogen-bond donors (Lipinski definition) is 2. The highest BCUT2D eigenvalue weighted by atomic mass is 15.4. The van der Waals surface area contributed by atoms with E-state index in [2.05, 4.69) is 25.7 Å². The number of nitrogens with one attached hydrogen (secondary N) is 2. The van der Waals surface area contributed by atoms with Crippen molar-refractivity contribution >= 4 is 17.5 Å². The van der Waals surface area contributed by atoms with E-state index in [0.29, 0.717) is 12.0 Å². The summed E-state index contributed by atoms with van der Waals surface area (Å²) >= 11 is 0. The Morgan fingerprint density at radius 1 is 0.960 bits per heavy atom. The Morgan fingerprint density at radius 2 is 1.80 bits per heavy atom. The van der Waals surface area contributed by atoms with Gasteiger partial charge in [0, 0.05) is 24.0 Å². The summed E-state index contributed by atoms with van der Waals surface area (Å²) in [6.07, 6.45) is 9.92. The molecule has 1 aromatic carbocycles. The molecular formula is C19H22N6. The number of benzene rings is 1. The molecule has 0 amide bonds. The molecule has 0 spiro atoms. The van der Waals surface area contributed by atoms with Crippen LogP contribution in [-0.2, 0) is 0 Å². The third-order valence-electron chi connectivity index (χ3n) is 4.49. The van der Waals surface area contributed by atoms with Crippen LogP contribution in [0.25, 0.3) is 5.69 Å². The van der Waals surface area contributed by atoms with Gasteiger partial charge >= 0.3 is 0 Å². The van der Waals surface area contributed by atoms with Crippen molar-refractivity contribution in [2.24, 2.45) is 0 Å². The Hall–Kier alpha value is -2.89. The molecule has 1 aliphatic carbocycles. The molecule has 0 radical (unpaired) electrons. The first-order chi connectivity index (χ1) is 12.4. The lowest BCUT2D eigenvalue weighted by Gasteiger charge is -2.23. The normalized spacial score (nSPS) is 15.0. The molecule has 2 N–H and O–H groups in total. The summed E-state index contributed by atoms with van der Waals surface area (Å²) in [5.74, 6) is 1.47. The number of hydrogen-bond acceptors (Lipinski definition) is 5. The fraction of sp³-hybridized carbons (Fsp3) is 0.316. The van der Waals surface area contributed by atoms with Crippen LogP contribution >= 0.6 is 0 Å². The largest absolute Gasteiger partial charge is 0.367 e. The average Bonchev–Trinajstić information content (AvgIpc) is 3.12. The van der Waals surface area contributed by atoms with Crippen LogP contribution in [0.1, 0.15) is 32.1 Å². The van der Waals surface area contributed by atoms with Gasteiger partial charge in [-0.05, 0) is 31.0 Å². The van der Waals surface area contributed by atoms with Gasteiger partial charge in [0.15, 0.2) is 0 Å². The SMILES string of the molecule is c1ccc(Nc2ncn(-c3ccnc(NC4CCCCC4)c3)n2)cc1. The Morgan fingerprint density at radius 3 is 2.64 bits per heavy atom. The Balaban J connectivity index is 1.47. The molecular weight excluding hydrogens is 312 g/mol. The maximum Gasteiger partial charge on any atom is 0.246 e. The van der Waals surface area contributed by atoms with Crippen LogP contribution in [0.3, 0.4) is 0 Å². The third kappa shape index (κ3) is 3.96. The molecule has 4 rings (SSSR count). The van der Waals surface area contributed by atoms with Crippen LogP contribution in [0.15, 0.2) is 55.0 Å². The molecule has 0 bridgehead atoms. The van der Waals surface area contributed by atoms with Crippen LogP contribution in [0.5, 0.6) is 0 Å². The maximum absolute atomic E-state index is 4.50. The molecule has 25 heavy (non-hydrogen) atoms. The van der Waals surface area contributed by atoms with Gasteiger partial charge in [0.1, 0.15) is 12.1 Å². The van der Waals surface area contributed by atoms with Crippen LogP contribution in [-0.4, -0.2) is 25.8 Å². The van der Waals surface area contributed by atoms with E-state index in [-0.39, 0.29) is 0 Å². The van der Waals surface area contributed by atoms with Gasteiger partial charge in [-0.15, -0.1) is 5.10 Å². The number of nitrogens with zero attached hydrogens (tertiary/aromatic N) is 4. The number of aromatic nitrogens is 4. The summed E-state index contributed by atoms with van der Waals surface area (Å²) in [6.45, 7) is 0. The van der Waals surface area contributed by atoms with Crippen molar-refractivity contribution in [1.29, 1.82) is 0 Å². The summed E-state index contributed by atoms with van der Waals surface area (Å²) in [6, 6.07) is 14.4. The molecule has 0 atom stereocenters. The van der Waals surface area contributed by atoms with Crippen molar-refractivity contribution in [1.82, 2.24) is 19.7 Å². The number of anilines is 3. The van der Waals surface area contributed by atoms with Crippen molar-refractivity contribution < 1.29 is 0 Å². The van der Waals surface area contributed by atoms with E-state index >= 15 is 0 Å². The number of pyridine rings is 1. The van der Waals surface area contributed by atoms with Gasteiger partial charge in [0.25, 0.3) is 0 Å². The third-order valence-corrected chi connectivity index (χ3v) is 4.49. The van der Waals surface area contributed by atoms with Crippen molar-refractivity contribution in [2.75, 3.05) is 10.6 Å². The standard InChI is InChI=1S/C19H22N6/c1-3-7-15(8-4-1)22-18-13-17(11-12-20-18)25-14-21-19(24-25)23-16-9-5-2-6-10-16/h2,5-6,9-15H,1,3-4,7-8H2,(H,20,22)(H,23,24). The first-order valence-corrected chi connectivity index (χ1v) is 8.83. The molecule has 1 aliphatic rings. The van der Waals surface area contributed by atoms with Crippen molar-refractivity contribution in [3.8, 4) is 5.69 Å². The zero-order chi connectivity index (χ0) is 16.9. The van der Waals surface area contributed by atoms with Crippen LogP contribution < -0.4 is 10.6 Å². The highest BCUT2D eigenvalue weighted by Gasteiger charge is 2.13. The van der Waals surface area contributed by atoms with Crippen LogP contribution in [0.4, 0.5) is 17.5 Å². The smallest absolute Gasteiger partial charge is 0.246 e. The quantitative estimate of drug-likeness (QED) is 0.733. The molecule has 128 valence electrons. The highest BCUT2D eigenvalue weighted by Crippen LogP contribution is 2.22. The summed E-state index contributed by atoms with van der Waals surface area (Å²) in [4.78, 5) is 8.78. The zero-order valence-corrected chi connectivity index (χ0v) is 14.1. The van der Waals surface area contributed by atoms with Crippen molar-refractivity contribution in [2.45, 2.75) is 38.1 Å². The maximum atomic E-state index is 4.50. The molecule has 0 aliphatic heterocycles. The highest BCUT2D eigenvalue weighted by molar-refractivity contribution is 5.52. The summed E-state index contributed by atoms with van der Waals surface area (Å²) in [5.41, 5.74) is 1.91. The van der Waals surface area contributed by atoms with Crippen LogP contribution in [0.2, 0.25) is 0 Å². The van der Waals surface area contributed by atoms with E-state index in [1.54, 1.807) is 11.0 Å². The molecule has 0 unspecified atom stereocenters. The fourth-order valence-electron chi connectivity index (χ4n) is 3.19. The minimum absolute atomic E-state index is 0.530. The topological polar surface area (TPSA) is 67.7 Å². The Bertz CT molecular complexity index is 808. The summed E-state index contributed by atoms with van der Waals surface area (Å²) in [5, 5.41) is 11.3. The molecule has 1 saturated carbocycles. The lowest BCUT2D eigenvalue weighted by atomic mass is 9.95. The molecule has 2 heterocycles. The lowest BCUT2D eigenvalue weighted by molar-refractivity contribution is 0.462. The molecule has 2 aromatic heterocycles. The van der Waals surface area contributed by atoms with Gasteiger partial charge in [-0.1, -0.05) is 37.5 Å². The summed E-state index contributed by atoms with van der Waals surface area (Å²) in [7, 11) is 0. The zero-order valence-electron chi connectivity index (χ0n) is 14.1. The minimum Gasteiger partial charge on any atom is -0.367 e. The van der Waals surface area contributed by atoms with E-state index in [4.69, 9.17) is 0 Å². The number of para-hydroxylation sites is 1. The molecule has 1 fully saturated rings. The minimum atomic E-state index is 0.530. The van der Waals surface area contributed by atoms with E-state index in [1.807, 2.05) is 48.7 Å². The second kappa shape index (κ2) is 7.34. The Kier molecular flexibility index (Phi) is 4.59. The van der Waals surface area contributed by atoms with Crippen molar-refractivity contribution in [3.63, 3.8) is 0 Å². The fourth-order valence-corrected chi connectivity index (χ4v) is 3.19. The van der Waals surface area contributed by atoms with Gasteiger partial charge in [-0.25, -0.2) is 9.67 Å². The van der Waals surface area contributed by atoms with E-state index < -0.39 is 0 Å². The van der Waals surface area contributed by atoms with Gasteiger partial charge < -0.3 is 10.6 Å². The molecule has 0 saturated heterocycles.